The number of nitrogens with zero attached hydrogens (tertiary/aromatic N) is 1. The number of benzene rings is 8. The second kappa shape index (κ2) is 10.5. The number of hydrogen-bond donors (Lipinski definition) is 0. The van der Waals surface area contributed by atoms with E-state index < -0.39 is 0 Å². The maximum absolute atomic E-state index is 2.41. The summed E-state index contributed by atoms with van der Waals surface area (Å²) >= 11 is 3.74. The van der Waals surface area contributed by atoms with Gasteiger partial charge in [-0.15, -0.1) is 22.7 Å². The Bertz CT molecular complexity index is 2800. The second-order valence-corrected chi connectivity index (χ2v) is 14.3. The molecule has 0 bridgehead atoms. The number of thiophene rings is 2. The van der Waals surface area contributed by atoms with Gasteiger partial charge in [0.2, 0.25) is 0 Å². The van der Waals surface area contributed by atoms with Crippen LogP contribution in [-0.4, -0.2) is 0 Å². The molecule has 2 heterocycles. The Hall–Kier alpha value is -5.48. The average molecular weight is 634 g/mol. The molecule has 0 aliphatic carbocycles. The van der Waals surface area contributed by atoms with Crippen molar-refractivity contribution in [1.29, 1.82) is 0 Å². The molecule has 0 aliphatic rings. The first-order valence-electron chi connectivity index (χ1n) is 15.9. The number of rotatable bonds is 4. The maximum atomic E-state index is 2.41. The minimum atomic E-state index is 1.14. The van der Waals surface area contributed by atoms with Crippen molar-refractivity contribution < 1.29 is 0 Å². The zero-order valence-electron chi connectivity index (χ0n) is 25.4. The molecule has 220 valence electrons. The van der Waals surface area contributed by atoms with E-state index >= 15 is 0 Å². The van der Waals surface area contributed by atoms with Crippen molar-refractivity contribution in [3.63, 3.8) is 0 Å². The van der Waals surface area contributed by atoms with Crippen LogP contribution in [0.4, 0.5) is 17.1 Å². The van der Waals surface area contributed by atoms with Gasteiger partial charge in [0.05, 0.1) is 0 Å². The van der Waals surface area contributed by atoms with Crippen LogP contribution < -0.4 is 4.90 Å². The molecular weight excluding hydrogens is 607 g/mol. The number of anilines is 3. The van der Waals surface area contributed by atoms with Gasteiger partial charge in [0, 0.05) is 57.4 Å². The highest BCUT2D eigenvalue weighted by Gasteiger charge is 2.17. The molecule has 0 amide bonds. The van der Waals surface area contributed by atoms with Gasteiger partial charge in [0.1, 0.15) is 0 Å². The van der Waals surface area contributed by atoms with E-state index in [9.17, 15) is 0 Å². The molecule has 10 aromatic rings. The SMILES string of the molecule is c1ccc2c(-c3ccc(N(c4ccc5c(ccc6sc7ccccc7c65)c4)c4ccc5c(c4)sc4ccccc45)cc3)cccc2c1. The van der Waals surface area contributed by atoms with Gasteiger partial charge in [-0.2, -0.15) is 0 Å². The number of fused-ring (bicyclic) bond motifs is 9. The predicted octanol–water partition coefficient (Wildman–Crippen LogP) is 13.9. The van der Waals surface area contributed by atoms with Gasteiger partial charge in [-0.3, -0.25) is 0 Å². The molecule has 0 aliphatic heterocycles. The van der Waals surface area contributed by atoms with Crippen LogP contribution in [0.5, 0.6) is 0 Å². The van der Waals surface area contributed by atoms with Gasteiger partial charge in [-0.25, -0.2) is 0 Å². The Kier molecular flexibility index (Phi) is 5.98. The van der Waals surface area contributed by atoms with E-state index in [1.807, 2.05) is 22.7 Å². The topological polar surface area (TPSA) is 3.24 Å². The van der Waals surface area contributed by atoms with Crippen molar-refractivity contribution in [3.8, 4) is 11.1 Å². The largest absolute Gasteiger partial charge is 0.310 e. The fourth-order valence-electron chi connectivity index (χ4n) is 7.25. The summed E-state index contributed by atoms with van der Waals surface area (Å²) in [5.41, 5.74) is 5.91. The minimum absolute atomic E-state index is 1.14. The summed E-state index contributed by atoms with van der Waals surface area (Å²) in [5, 5.41) is 10.4. The molecule has 0 radical (unpaired) electrons. The maximum Gasteiger partial charge on any atom is 0.0476 e. The summed E-state index contributed by atoms with van der Waals surface area (Å²) < 4.78 is 5.29. The minimum Gasteiger partial charge on any atom is -0.310 e. The smallest absolute Gasteiger partial charge is 0.0476 e. The van der Waals surface area contributed by atoms with Crippen LogP contribution in [-0.2, 0) is 0 Å². The quantitative estimate of drug-likeness (QED) is 0.186. The van der Waals surface area contributed by atoms with Crippen molar-refractivity contribution in [3.05, 3.63) is 164 Å². The third-order valence-electron chi connectivity index (χ3n) is 9.45. The highest BCUT2D eigenvalue weighted by Crippen LogP contribution is 2.44. The molecule has 2 aromatic heterocycles. The third-order valence-corrected chi connectivity index (χ3v) is 11.7. The monoisotopic (exact) mass is 633 g/mol. The van der Waals surface area contributed by atoms with Gasteiger partial charge in [0.25, 0.3) is 0 Å². The molecule has 8 aromatic carbocycles. The first-order chi connectivity index (χ1) is 23.3. The van der Waals surface area contributed by atoms with E-state index in [1.54, 1.807) is 0 Å². The van der Waals surface area contributed by atoms with E-state index in [-0.39, 0.29) is 0 Å². The van der Waals surface area contributed by atoms with Gasteiger partial charge < -0.3 is 4.90 Å². The molecule has 0 unspecified atom stereocenters. The Morgan fingerprint density at radius 1 is 0.340 bits per heavy atom. The summed E-state index contributed by atoms with van der Waals surface area (Å²) in [6, 6.07) is 60.2. The fraction of sp³-hybridized carbons (Fsp3) is 0. The average Bonchev–Trinajstić information content (AvgIpc) is 3.70. The van der Waals surface area contributed by atoms with E-state index in [0.717, 1.165) is 17.1 Å². The molecule has 0 fully saturated rings. The van der Waals surface area contributed by atoms with Crippen molar-refractivity contribution in [2.45, 2.75) is 0 Å². The van der Waals surface area contributed by atoms with Crippen molar-refractivity contribution in [1.82, 2.24) is 0 Å². The predicted molar refractivity (Wildman–Crippen MR) is 207 cm³/mol. The van der Waals surface area contributed by atoms with Crippen LogP contribution >= 0.6 is 22.7 Å². The van der Waals surface area contributed by atoms with Crippen molar-refractivity contribution >= 4 is 102 Å². The van der Waals surface area contributed by atoms with E-state index in [0.29, 0.717) is 0 Å². The van der Waals surface area contributed by atoms with Crippen LogP contribution in [0.2, 0.25) is 0 Å². The van der Waals surface area contributed by atoms with Gasteiger partial charge >= 0.3 is 0 Å². The van der Waals surface area contributed by atoms with E-state index in [2.05, 4.69) is 169 Å². The summed E-state index contributed by atoms with van der Waals surface area (Å²) in [5.74, 6) is 0. The van der Waals surface area contributed by atoms with Gasteiger partial charge in [-0.05, 0) is 87.3 Å². The van der Waals surface area contributed by atoms with Crippen LogP contribution in [0.3, 0.4) is 0 Å². The van der Waals surface area contributed by atoms with Crippen molar-refractivity contribution in [2.24, 2.45) is 0 Å². The molecule has 0 N–H and O–H groups in total. The highest BCUT2D eigenvalue weighted by molar-refractivity contribution is 7.26. The van der Waals surface area contributed by atoms with Crippen molar-refractivity contribution in [2.75, 3.05) is 4.90 Å². The zero-order chi connectivity index (χ0) is 30.9. The summed E-state index contributed by atoms with van der Waals surface area (Å²) in [7, 11) is 0. The second-order valence-electron chi connectivity index (χ2n) is 12.1. The van der Waals surface area contributed by atoms with Crippen LogP contribution in [0.25, 0.3) is 73.0 Å². The van der Waals surface area contributed by atoms with E-state index in [4.69, 9.17) is 0 Å². The first kappa shape index (κ1) is 26.7. The molecular formula is C44H27NS2. The molecule has 1 nitrogen and oxygen atoms in total. The fourth-order valence-corrected chi connectivity index (χ4v) is 9.51. The lowest BCUT2D eigenvalue weighted by Crippen LogP contribution is -2.09. The Balaban J connectivity index is 1.15. The lowest BCUT2D eigenvalue weighted by molar-refractivity contribution is 1.30. The van der Waals surface area contributed by atoms with Crippen LogP contribution in [0, 0.1) is 0 Å². The number of hydrogen-bond acceptors (Lipinski definition) is 3. The molecule has 10 rings (SSSR count). The van der Waals surface area contributed by atoms with Gasteiger partial charge in [0.15, 0.2) is 0 Å². The summed E-state index contributed by atoms with van der Waals surface area (Å²) in [4.78, 5) is 2.41. The Morgan fingerprint density at radius 2 is 0.957 bits per heavy atom. The van der Waals surface area contributed by atoms with E-state index in [1.165, 1.54) is 73.0 Å². The third kappa shape index (κ3) is 4.28. The van der Waals surface area contributed by atoms with Crippen LogP contribution in [0.1, 0.15) is 0 Å². The molecule has 0 atom stereocenters. The Labute approximate surface area is 280 Å². The normalized spacial score (nSPS) is 11.8. The summed E-state index contributed by atoms with van der Waals surface area (Å²) in [6.45, 7) is 0. The Morgan fingerprint density at radius 3 is 1.81 bits per heavy atom. The first-order valence-corrected chi connectivity index (χ1v) is 17.6. The molecule has 47 heavy (non-hydrogen) atoms. The molecule has 3 heteroatoms. The highest BCUT2D eigenvalue weighted by atomic mass is 32.1. The van der Waals surface area contributed by atoms with Gasteiger partial charge in [-0.1, -0.05) is 109 Å². The van der Waals surface area contributed by atoms with Crippen LogP contribution in [0.15, 0.2) is 164 Å². The lowest BCUT2D eigenvalue weighted by Gasteiger charge is -2.26. The molecule has 0 saturated heterocycles. The molecule has 0 spiro atoms. The molecule has 0 saturated carbocycles. The summed E-state index contributed by atoms with van der Waals surface area (Å²) in [6.07, 6.45) is 0. The zero-order valence-corrected chi connectivity index (χ0v) is 27.0. The standard InChI is InChI=1S/C44H27NS2/c1-2-10-34-28(8-1)9-7-13-35(34)29-16-19-31(20-17-29)45(33-22-24-38-37-11-3-5-14-40(37)47-43(38)27-33)32-21-23-36-30(26-32)18-25-42-44(36)39-12-4-6-15-41(39)46-42/h1-27H. The lowest BCUT2D eigenvalue weighted by atomic mass is 9.98.